The van der Waals surface area contributed by atoms with Crippen LogP contribution in [-0.4, -0.2) is 47.2 Å². The Balaban J connectivity index is 1.84. The van der Waals surface area contributed by atoms with Crippen molar-refractivity contribution < 1.29 is 9.53 Å². The number of benzene rings is 1. The fourth-order valence-corrected chi connectivity index (χ4v) is 5.75. The minimum Gasteiger partial charge on any atom is -0.497 e. The molecule has 37 heavy (non-hydrogen) atoms. The highest BCUT2D eigenvalue weighted by Gasteiger charge is 2.24. The van der Waals surface area contributed by atoms with Crippen molar-refractivity contribution in [2.45, 2.75) is 84.5 Å². The lowest BCUT2D eigenvalue weighted by molar-refractivity contribution is 0.0998. The smallest absolute Gasteiger partial charge is 0.249 e. The van der Waals surface area contributed by atoms with Crippen LogP contribution in [0.5, 0.6) is 5.75 Å². The fraction of sp³-hybridized carbons (Fsp3) is 0.548. The normalized spacial score (nSPS) is 14.4. The second kappa shape index (κ2) is 13.1. The molecule has 0 radical (unpaired) electrons. The summed E-state index contributed by atoms with van der Waals surface area (Å²) in [6.45, 7) is 7.88. The van der Waals surface area contributed by atoms with Crippen molar-refractivity contribution in [2.75, 3.05) is 26.7 Å². The maximum atomic E-state index is 12.9. The number of carbonyl (C=O) groups is 1. The Hall–Kier alpha value is -2.86. The maximum absolute atomic E-state index is 12.9. The quantitative estimate of drug-likeness (QED) is 0.300. The minimum atomic E-state index is -0.314. The number of unbranched alkanes of at least 4 members (excludes halogenated alkanes) is 2. The van der Waals surface area contributed by atoms with Crippen LogP contribution in [0.3, 0.4) is 0 Å². The van der Waals surface area contributed by atoms with Gasteiger partial charge in [-0.1, -0.05) is 33.1 Å². The first kappa shape index (κ1) is 27.2. The van der Waals surface area contributed by atoms with Gasteiger partial charge in [0.25, 0.3) is 0 Å². The number of hydrogen-bond acceptors (Lipinski definition) is 4. The minimum absolute atomic E-state index is 0.314. The van der Waals surface area contributed by atoms with Gasteiger partial charge in [-0.3, -0.25) is 4.79 Å². The Kier molecular flexibility index (Phi) is 9.62. The number of aromatic nitrogens is 2. The van der Waals surface area contributed by atoms with Crippen molar-refractivity contribution in [3.63, 3.8) is 0 Å². The number of nitrogens with zero attached hydrogens (tertiary/aromatic N) is 3. The maximum Gasteiger partial charge on any atom is 0.249 e. The van der Waals surface area contributed by atoms with Gasteiger partial charge in [0, 0.05) is 22.9 Å². The molecule has 1 fully saturated rings. The van der Waals surface area contributed by atoms with Crippen LogP contribution in [-0.2, 0) is 19.3 Å². The first-order valence-corrected chi connectivity index (χ1v) is 14.3. The molecule has 0 saturated carbocycles. The third-order valence-electron chi connectivity index (χ3n) is 7.74. The van der Waals surface area contributed by atoms with Gasteiger partial charge in [-0.15, -0.1) is 0 Å². The molecule has 200 valence electrons. The average molecular weight is 505 g/mol. The van der Waals surface area contributed by atoms with Crippen molar-refractivity contribution >= 4 is 11.4 Å². The molecule has 0 atom stereocenters. The van der Waals surface area contributed by atoms with Crippen molar-refractivity contribution in [3.05, 3.63) is 52.7 Å². The van der Waals surface area contributed by atoms with E-state index < -0.39 is 0 Å². The van der Waals surface area contributed by atoms with Crippen LogP contribution in [0.25, 0.3) is 16.8 Å². The van der Waals surface area contributed by atoms with E-state index in [0.29, 0.717) is 0 Å². The van der Waals surface area contributed by atoms with E-state index in [0.717, 1.165) is 97.1 Å². The lowest BCUT2D eigenvalue weighted by Crippen LogP contribution is -2.30. The third-order valence-corrected chi connectivity index (χ3v) is 7.74. The van der Waals surface area contributed by atoms with Crippen LogP contribution < -0.4 is 10.5 Å². The number of nitrogens with two attached hydrogens (primary N) is 1. The molecule has 2 aromatic heterocycles. The number of amides is 1. The number of piperidine rings is 1. The first-order chi connectivity index (χ1) is 18.1. The van der Waals surface area contributed by atoms with Crippen LogP contribution in [0.4, 0.5) is 0 Å². The zero-order valence-corrected chi connectivity index (χ0v) is 23.0. The summed E-state index contributed by atoms with van der Waals surface area (Å²) in [4.78, 5) is 15.5. The van der Waals surface area contributed by atoms with E-state index in [1.165, 1.54) is 37.9 Å². The lowest BCUT2D eigenvalue weighted by Gasteiger charge is -2.26. The number of primary amides is 1. The number of aryl methyl sites for hydroxylation is 3. The summed E-state index contributed by atoms with van der Waals surface area (Å²) < 4.78 is 7.46. The fourth-order valence-electron chi connectivity index (χ4n) is 5.75. The standard InChI is InChI=1S/C31H44N4O2/c1-4-6-12-24-22-35-30(26(13-7-5-2)28(24)31(32)36)27(14-11-21-34-19-9-8-10-20-34)29(33-35)23-15-17-25(37-3)18-16-23/h15-18,22H,4-14,19-21H2,1-3H3,(H2,32,36). The number of ether oxygens (including phenoxy) is 1. The molecule has 4 rings (SSSR count). The van der Waals surface area contributed by atoms with Crippen LogP contribution in [0.1, 0.15) is 92.3 Å². The predicted molar refractivity (Wildman–Crippen MR) is 152 cm³/mol. The van der Waals surface area contributed by atoms with Crippen LogP contribution in [0.15, 0.2) is 30.5 Å². The largest absolute Gasteiger partial charge is 0.497 e. The highest BCUT2D eigenvalue weighted by molar-refractivity contribution is 5.98. The molecule has 6 nitrogen and oxygen atoms in total. The first-order valence-electron chi connectivity index (χ1n) is 14.3. The van der Waals surface area contributed by atoms with E-state index in [4.69, 9.17) is 15.6 Å². The van der Waals surface area contributed by atoms with E-state index in [1.807, 2.05) is 12.1 Å². The van der Waals surface area contributed by atoms with Crippen LogP contribution >= 0.6 is 0 Å². The van der Waals surface area contributed by atoms with Gasteiger partial charge >= 0.3 is 0 Å². The summed E-state index contributed by atoms with van der Waals surface area (Å²) >= 11 is 0. The molecule has 1 aromatic carbocycles. The molecule has 6 heteroatoms. The van der Waals surface area contributed by atoms with Crippen LogP contribution in [0, 0.1) is 0 Å². The molecular formula is C31H44N4O2. The molecule has 0 aliphatic carbocycles. The Morgan fingerprint density at radius 1 is 0.946 bits per heavy atom. The number of rotatable bonds is 13. The molecule has 1 aliphatic rings. The molecule has 0 bridgehead atoms. The number of hydrogen-bond donors (Lipinski definition) is 1. The van der Waals surface area contributed by atoms with Gasteiger partial charge in [-0.2, -0.15) is 5.10 Å². The van der Waals surface area contributed by atoms with Crippen molar-refractivity contribution in [1.29, 1.82) is 0 Å². The lowest BCUT2D eigenvalue weighted by atomic mass is 9.92. The van der Waals surface area contributed by atoms with E-state index >= 15 is 0 Å². The SMILES string of the molecule is CCCCc1cn2nc(-c3ccc(OC)cc3)c(CCCN3CCCCC3)c2c(CCCC)c1C(N)=O. The van der Waals surface area contributed by atoms with Gasteiger partial charge in [-0.25, -0.2) is 4.52 Å². The van der Waals surface area contributed by atoms with Gasteiger partial charge in [-0.05, 0) is 106 Å². The number of carbonyl (C=O) groups excluding carboxylic acids is 1. The zero-order valence-electron chi connectivity index (χ0n) is 23.0. The summed E-state index contributed by atoms with van der Waals surface area (Å²) in [6, 6.07) is 8.17. The van der Waals surface area contributed by atoms with Crippen LogP contribution in [0.2, 0.25) is 0 Å². The highest BCUT2D eigenvalue weighted by atomic mass is 16.5. The monoisotopic (exact) mass is 504 g/mol. The molecular weight excluding hydrogens is 460 g/mol. The summed E-state index contributed by atoms with van der Waals surface area (Å²) in [7, 11) is 1.69. The molecule has 0 unspecified atom stereocenters. The third kappa shape index (κ3) is 6.35. The average Bonchev–Trinajstić information content (AvgIpc) is 3.28. The van der Waals surface area contributed by atoms with Crippen molar-refractivity contribution in [2.24, 2.45) is 5.73 Å². The van der Waals surface area contributed by atoms with Crippen molar-refractivity contribution in [3.8, 4) is 17.0 Å². The Bertz CT molecular complexity index is 1180. The molecule has 1 saturated heterocycles. The Morgan fingerprint density at radius 3 is 2.27 bits per heavy atom. The van der Waals surface area contributed by atoms with Gasteiger partial charge in [0.15, 0.2) is 0 Å². The van der Waals surface area contributed by atoms with Gasteiger partial charge in [0.2, 0.25) is 5.91 Å². The van der Waals surface area contributed by atoms with Crippen molar-refractivity contribution in [1.82, 2.24) is 14.5 Å². The molecule has 2 N–H and O–H groups in total. The Morgan fingerprint density at radius 2 is 1.62 bits per heavy atom. The topological polar surface area (TPSA) is 72.9 Å². The van der Waals surface area contributed by atoms with Gasteiger partial charge in [0.1, 0.15) is 5.75 Å². The summed E-state index contributed by atoms with van der Waals surface area (Å²) in [6.07, 6.45) is 13.9. The highest BCUT2D eigenvalue weighted by Crippen LogP contribution is 2.34. The number of fused-ring (bicyclic) bond motifs is 1. The predicted octanol–water partition coefficient (Wildman–Crippen LogP) is 6.21. The van der Waals surface area contributed by atoms with E-state index in [9.17, 15) is 4.79 Å². The summed E-state index contributed by atoms with van der Waals surface area (Å²) in [5, 5.41) is 5.15. The van der Waals surface area contributed by atoms with Gasteiger partial charge < -0.3 is 15.4 Å². The van der Waals surface area contributed by atoms with E-state index in [-0.39, 0.29) is 5.91 Å². The van der Waals surface area contributed by atoms with E-state index in [2.05, 4.69) is 41.6 Å². The molecule has 3 heterocycles. The number of pyridine rings is 1. The molecule has 0 spiro atoms. The molecule has 1 aliphatic heterocycles. The second-order valence-electron chi connectivity index (χ2n) is 10.4. The number of methoxy groups -OCH3 is 1. The van der Waals surface area contributed by atoms with E-state index in [1.54, 1.807) is 7.11 Å². The summed E-state index contributed by atoms with van der Waals surface area (Å²) in [5.41, 5.74) is 13.3. The molecule has 1 amide bonds. The molecule has 3 aromatic rings. The van der Waals surface area contributed by atoms with Gasteiger partial charge in [0.05, 0.1) is 18.3 Å². The number of likely N-dealkylation sites (tertiary alicyclic amines) is 1. The Labute approximate surface area is 222 Å². The summed E-state index contributed by atoms with van der Waals surface area (Å²) in [5.74, 6) is 0.520. The zero-order chi connectivity index (χ0) is 26.2. The second-order valence-corrected chi connectivity index (χ2v) is 10.4.